The van der Waals surface area contributed by atoms with E-state index in [1.807, 2.05) is 60.9 Å². The summed E-state index contributed by atoms with van der Waals surface area (Å²) in [5.41, 5.74) is 7.55. The lowest BCUT2D eigenvalue weighted by Gasteiger charge is -2.11. The largest absolute Gasteiger partial charge is 0.493 e. The van der Waals surface area contributed by atoms with Crippen molar-refractivity contribution in [3.8, 4) is 28.3 Å². The molecule has 0 saturated heterocycles. The molecular weight excluding hydrogens is 478 g/mol. The molecule has 1 aliphatic rings. The second-order valence-corrected chi connectivity index (χ2v) is 9.44. The molecule has 0 saturated carbocycles. The van der Waals surface area contributed by atoms with E-state index < -0.39 is 0 Å². The Balaban J connectivity index is 1.15. The van der Waals surface area contributed by atoms with Crippen molar-refractivity contribution < 1.29 is 9.15 Å². The lowest BCUT2D eigenvalue weighted by Crippen LogP contribution is -2.15. The molecule has 0 bridgehead atoms. The molecule has 6 aromatic rings. The smallest absolute Gasteiger partial charge is 0.419 e. The number of fused-ring (bicyclic) bond motifs is 3. The molecule has 0 aliphatic carbocycles. The summed E-state index contributed by atoms with van der Waals surface area (Å²) < 4.78 is 15.1. The highest BCUT2D eigenvalue weighted by molar-refractivity contribution is 5.99. The Morgan fingerprint density at radius 3 is 2.82 bits per heavy atom. The van der Waals surface area contributed by atoms with Crippen molar-refractivity contribution in [2.24, 2.45) is 0 Å². The lowest BCUT2D eigenvalue weighted by atomic mass is 9.96. The van der Waals surface area contributed by atoms with Gasteiger partial charge >= 0.3 is 5.76 Å². The van der Waals surface area contributed by atoms with Gasteiger partial charge < -0.3 is 9.15 Å². The molecular formula is C30H25N5O3. The van der Waals surface area contributed by atoms with Crippen LogP contribution in [0.25, 0.3) is 44.5 Å². The molecule has 5 heterocycles. The summed E-state index contributed by atoms with van der Waals surface area (Å²) in [6, 6.07) is 21.5. The number of hydrogen-bond donors (Lipinski definition) is 0. The molecule has 0 N–H and O–H groups in total. The Morgan fingerprint density at radius 1 is 0.974 bits per heavy atom. The van der Waals surface area contributed by atoms with E-state index in [-0.39, 0.29) is 5.76 Å². The van der Waals surface area contributed by atoms with Gasteiger partial charge in [0.2, 0.25) is 0 Å². The number of rotatable bonds is 7. The van der Waals surface area contributed by atoms with E-state index in [1.54, 1.807) is 10.6 Å². The zero-order valence-electron chi connectivity index (χ0n) is 20.7. The maximum atomic E-state index is 12.2. The first-order valence-electron chi connectivity index (χ1n) is 12.9. The summed E-state index contributed by atoms with van der Waals surface area (Å²) in [7, 11) is 0. The van der Waals surface area contributed by atoms with Crippen molar-refractivity contribution in [3.63, 3.8) is 0 Å². The fourth-order valence-corrected chi connectivity index (χ4v) is 5.37. The molecule has 0 fully saturated rings. The van der Waals surface area contributed by atoms with Gasteiger partial charge in [0.15, 0.2) is 5.58 Å². The van der Waals surface area contributed by atoms with E-state index >= 15 is 0 Å². The number of nitrogens with zero attached hydrogens (tertiary/aromatic N) is 5. The third-order valence-electron chi connectivity index (χ3n) is 7.10. The van der Waals surface area contributed by atoms with E-state index in [0.29, 0.717) is 25.2 Å². The Kier molecular flexibility index (Phi) is 5.50. The monoisotopic (exact) mass is 503 g/mol. The molecule has 4 aromatic heterocycles. The van der Waals surface area contributed by atoms with E-state index in [9.17, 15) is 4.79 Å². The Bertz CT molecular complexity index is 1830. The van der Waals surface area contributed by atoms with E-state index in [2.05, 4.69) is 26.8 Å². The van der Waals surface area contributed by atoms with Crippen LogP contribution in [0.3, 0.4) is 0 Å². The molecule has 38 heavy (non-hydrogen) atoms. The van der Waals surface area contributed by atoms with Crippen molar-refractivity contribution in [1.29, 1.82) is 0 Å². The molecule has 2 aromatic carbocycles. The number of hydrogen-bond acceptors (Lipinski definition) is 6. The quantitative estimate of drug-likeness (QED) is 0.268. The molecule has 0 atom stereocenters. The third kappa shape index (κ3) is 3.85. The number of oxazole rings is 1. The molecule has 7 rings (SSSR count). The maximum absolute atomic E-state index is 12.2. The average Bonchev–Trinajstić information content (AvgIpc) is 3.64. The third-order valence-corrected chi connectivity index (χ3v) is 7.10. The number of aromatic nitrogens is 5. The van der Waals surface area contributed by atoms with Crippen LogP contribution in [0, 0.1) is 0 Å². The van der Waals surface area contributed by atoms with Crippen molar-refractivity contribution in [2.75, 3.05) is 6.61 Å². The zero-order chi connectivity index (χ0) is 25.5. The number of ether oxygens (including phenoxy) is 1. The van der Waals surface area contributed by atoms with Crippen LogP contribution in [-0.2, 0) is 19.5 Å². The van der Waals surface area contributed by atoms with Crippen LogP contribution < -0.4 is 10.5 Å². The second-order valence-electron chi connectivity index (χ2n) is 9.44. The van der Waals surface area contributed by atoms with Crippen molar-refractivity contribution in [3.05, 3.63) is 95.4 Å². The van der Waals surface area contributed by atoms with Gasteiger partial charge in [0, 0.05) is 48.2 Å². The van der Waals surface area contributed by atoms with Gasteiger partial charge in [-0.25, -0.2) is 4.79 Å². The van der Waals surface area contributed by atoms with Crippen LogP contribution in [0.1, 0.15) is 18.5 Å². The van der Waals surface area contributed by atoms with Crippen molar-refractivity contribution in [1.82, 2.24) is 24.3 Å². The first-order valence-corrected chi connectivity index (χ1v) is 12.9. The average molecular weight is 504 g/mol. The fourth-order valence-electron chi connectivity index (χ4n) is 5.37. The Labute approximate surface area is 218 Å². The first-order chi connectivity index (χ1) is 18.8. The minimum absolute atomic E-state index is 0.342. The molecule has 0 unspecified atom stereocenters. The molecule has 0 radical (unpaired) electrons. The van der Waals surface area contributed by atoms with Crippen LogP contribution >= 0.6 is 0 Å². The number of benzene rings is 2. The summed E-state index contributed by atoms with van der Waals surface area (Å²) in [5.74, 6) is 0.405. The van der Waals surface area contributed by atoms with Gasteiger partial charge in [-0.3, -0.25) is 19.2 Å². The summed E-state index contributed by atoms with van der Waals surface area (Å²) in [4.78, 5) is 21.4. The fraction of sp³-hybridized carbons (Fsp3) is 0.200. The summed E-state index contributed by atoms with van der Waals surface area (Å²) in [6.07, 6.45) is 6.42. The van der Waals surface area contributed by atoms with Gasteiger partial charge in [0.25, 0.3) is 0 Å². The highest BCUT2D eigenvalue weighted by Gasteiger charge is 2.25. The normalized spacial score (nSPS) is 12.8. The van der Waals surface area contributed by atoms with Gasteiger partial charge in [0.1, 0.15) is 11.4 Å². The Morgan fingerprint density at radius 2 is 1.89 bits per heavy atom. The standard InChI is InChI=1S/C30H25N5O3/c36-30-34(25-8-1-2-10-27(25)38-30)16-6-18-37-20-11-12-21-22(13-15-32-24(21)19-20)28-26-9-5-17-35(26)33-29(28)23-7-3-4-14-31-23/h1-4,7-8,10-15,19H,5-6,9,16-18H2. The first kappa shape index (κ1) is 22.5. The van der Waals surface area contributed by atoms with Gasteiger partial charge in [-0.05, 0) is 67.3 Å². The second kappa shape index (κ2) is 9.30. The van der Waals surface area contributed by atoms with Crippen LogP contribution in [0.15, 0.2) is 88.3 Å². The predicted octanol–water partition coefficient (Wildman–Crippen LogP) is 5.48. The van der Waals surface area contributed by atoms with Gasteiger partial charge in [0.05, 0.1) is 23.3 Å². The topological polar surface area (TPSA) is 88.0 Å². The van der Waals surface area contributed by atoms with E-state index in [0.717, 1.165) is 64.1 Å². The van der Waals surface area contributed by atoms with E-state index in [4.69, 9.17) is 14.3 Å². The maximum Gasteiger partial charge on any atom is 0.419 e. The van der Waals surface area contributed by atoms with Gasteiger partial charge in [-0.15, -0.1) is 0 Å². The van der Waals surface area contributed by atoms with Crippen LogP contribution in [0.2, 0.25) is 0 Å². The van der Waals surface area contributed by atoms with Crippen LogP contribution in [0.5, 0.6) is 5.75 Å². The number of aryl methyl sites for hydroxylation is 2. The summed E-state index contributed by atoms with van der Waals surface area (Å²) >= 11 is 0. The molecule has 0 spiro atoms. The lowest BCUT2D eigenvalue weighted by molar-refractivity contribution is 0.300. The molecule has 8 nitrogen and oxygen atoms in total. The van der Waals surface area contributed by atoms with Crippen LogP contribution in [-0.4, -0.2) is 30.9 Å². The molecule has 188 valence electrons. The van der Waals surface area contributed by atoms with Crippen molar-refractivity contribution >= 4 is 22.0 Å². The van der Waals surface area contributed by atoms with E-state index in [1.165, 1.54) is 5.69 Å². The zero-order valence-corrected chi connectivity index (χ0v) is 20.7. The van der Waals surface area contributed by atoms with Gasteiger partial charge in [-0.1, -0.05) is 18.2 Å². The predicted molar refractivity (Wildman–Crippen MR) is 145 cm³/mol. The number of para-hydroxylation sites is 2. The molecule has 1 aliphatic heterocycles. The highest BCUT2D eigenvalue weighted by Crippen LogP contribution is 2.40. The highest BCUT2D eigenvalue weighted by atomic mass is 16.5. The van der Waals surface area contributed by atoms with Gasteiger partial charge in [-0.2, -0.15) is 5.10 Å². The molecule has 0 amide bonds. The summed E-state index contributed by atoms with van der Waals surface area (Å²) in [5, 5.41) is 5.99. The summed E-state index contributed by atoms with van der Waals surface area (Å²) in [6.45, 7) is 1.92. The van der Waals surface area contributed by atoms with Crippen molar-refractivity contribution in [2.45, 2.75) is 32.4 Å². The Hall–Kier alpha value is -4.72. The number of pyridine rings is 2. The molecule has 8 heteroatoms. The minimum atomic E-state index is -0.342. The SMILES string of the molecule is O=c1oc2ccccc2n1CCCOc1ccc2c(-c3c(-c4ccccn4)nn4c3CCC4)ccnc2c1. The van der Waals surface area contributed by atoms with Crippen LogP contribution in [0.4, 0.5) is 0 Å². The minimum Gasteiger partial charge on any atom is -0.493 e.